The van der Waals surface area contributed by atoms with Gasteiger partial charge in [0.2, 0.25) is 0 Å². The number of hydrogen-bond acceptors (Lipinski definition) is 1. The second kappa shape index (κ2) is 3.69. The molecule has 2 unspecified atom stereocenters. The van der Waals surface area contributed by atoms with Crippen LogP contribution >= 0.6 is 7.92 Å². The lowest BCUT2D eigenvalue weighted by Gasteiger charge is -2.49. The van der Waals surface area contributed by atoms with Crippen LogP contribution in [0.15, 0.2) is 0 Å². The van der Waals surface area contributed by atoms with Crippen LogP contribution in [0.4, 0.5) is 0 Å². The van der Waals surface area contributed by atoms with Gasteiger partial charge in [-0.3, -0.25) is 0 Å². The van der Waals surface area contributed by atoms with Crippen molar-refractivity contribution in [1.82, 2.24) is 0 Å². The number of carbonyl (C=O) groups excluding carboxylic acids is 1. The molecule has 1 aliphatic heterocycles. The van der Waals surface area contributed by atoms with E-state index < -0.39 is 0 Å². The quantitative estimate of drug-likeness (QED) is 0.493. The average molecular weight is 200 g/mol. The minimum Gasteiger partial charge on any atom is -0.303 e. The molecular formula is C11H21OP. The van der Waals surface area contributed by atoms with Gasteiger partial charge in [0.25, 0.3) is 0 Å². The molecule has 1 rings (SSSR count). The molecule has 76 valence electrons. The first-order valence-electron chi connectivity index (χ1n) is 5.10. The SMILES string of the molecule is CP1C(C)(C)CCCC1(C)CC=O. The van der Waals surface area contributed by atoms with E-state index in [4.69, 9.17) is 0 Å². The molecule has 2 atom stereocenters. The zero-order chi connectivity index (χ0) is 10.1. The van der Waals surface area contributed by atoms with Crippen LogP contribution in [0.5, 0.6) is 0 Å². The molecule has 0 saturated carbocycles. The molecule has 0 aromatic carbocycles. The van der Waals surface area contributed by atoms with Crippen molar-refractivity contribution in [2.45, 2.75) is 56.8 Å². The van der Waals surface area contributed by atoms with Crippen molar-refractivity contribution in [1.29, 1.82) is 0 Å². The zero-order valence-electron chi connectivity index (χ0n) is 9.26. The minimum atomic E-state index is -0.0175. The fourth-order valence-corrected chi connectivity index (χ4v) is 5.18. The third-order valence-corrected chi connectivity index (χ3v) is 7.81. The molecule has 0 amide bonds. The molecule has 0 bridgehead atoms. The summed E-state index contributed by atoms with van der Waals surface area (Å²) >= 11 is 0. The highest BCUT2D eigenvalue weighted by Gasteiger charge is 2.42. The van der Waals surface area contributed by atoms with E-state index in [1.807, 2.05) is 0 Å². The van der Waals surface area contributed by atoms with Crippen molar-refractivity contribution in [3.05, 3.63) is 0 Å². The van der Waals surface area contributed by atoms with E-state index in [0.717, 1.165) is 12.7 Å². The van der Waals surface area contributed by atoms with Gasteiger partial charge in [-0.15, -0.1) is 0 Å². The topological polar surface area (TPSA) is 17.1 Å². The first kappa shape index (κ1) is 11.2. The van der Waals surface area contributed by atoms with E-state index in [0.29, 0.717) is 10.3 Å². The number of rotatable bonds is 2. The molecule has 0 aromatic heterocycles. The Labute approximate surface area is 83.0 Å². The lowest BCUT2D eigenvalue weighted by Crippen LogP contribution is -2.36. The van der Waals surface area contributed by atoms with Gasteiger partial charge in [0, 0.05) is 6.42 Å². The molecule has 1 aliphatic rings. The van der Waals surface area contributed by atoms with Crippen LogP contribution < -0.4 is 0 Å². The predicted molar refractivity (Wildman–Crippen MR) is 59.9 cm³/mol. The van der Waals surface area contributed by atoms with E-state index in [9.17, 15) is 4.79 Å². The van der Waals surface area contributed by atoms with Gasteiger partial charge in [-0.05, 0) is 29.8 Å². The van der Waals surface area contributed by atoms with E-state index in [2.05, 4.69) is 27.4 Å². The monoisotopic (exact) mass is 200 g/mol. The fraction of sp³-hybridized carbons (Fsp3) is 0.909. The highest BCUT2D eigenvalue weighted by Crippen LogP contribution is 2.64. The summed E-state index contributed by atoms with van der Waals surface area (Å²) in [5.41, 5.74) is 0. The third-order valence-electron chi connectivity index (χ3n) is 3.74. The van der Waals surface area contributed by atoms with Gasteiger partial charge < -0.3 is 4.79 Å². The Hall–Kier alpha value is 0.100. The summed E-state index contributed by atoms with van der Waals surface area (Å²) in [6.45, 7) is 9.40. The van der Waals surface area contributed by atoms with E-state index in [1.165, 1.54) is 19.3 Å². The van der Waals surface area contributed by atoms with Crippen LogP contribution in [0.1, 0.15) is 46.5 Å². The van der Waals surface area contributed by atoms with Crippen LogP contribution in [0.2, 0.25) is 0 Å². The van der Waals surface area contributed by atoms with Crippen LogP contribution in [0.3, 0.4) is 0 Å². The molecule has 2 heteroatoms. The summed E-state index contributed by atoms with van der Waals surface area (Å²) in [5, 5.41) is 0.796. The fourth-order valence-electron chi connectivity index (χ4n) is 2.39. The first-order chi connectivity index (χ1) is 5.92. The average Bonchev–Trinajstić information content (AvgIpc) is 2.01. The number of hydrogen-bond donors (Lipinski definition) is 0. The molecule has 0 N–H and O–H groups in total. The third kappa shape index (κ3) is 2.13. The Morgan fingerprint density at radius 1 is 1.31 bits per heavy atom. The van der Waals surface area contributed by atoms with E-state index in [-0.39, 0.29) is 7.92 Å². The number of aldehydes is 1. The van der Waals surface area contributed by atoms with Crippen molar-refractivity contribution >= 4 is 14.2 Å². The van der Waals surface area contributed by atoms with Crippen LogP contribution in [0.25, 0.3) is 0 Å². The molecule has 13 heavy (non-hydrogen) atoms. The molecule has 1 saturated heterocycles. The summed E-state index contributed by atoms with van der Waals surface area (Å²) in [6, 6.07) is 0. The Morgan fingerprint density at radius 3 is 2.46 bits per heavy atom. The largest absolute Gasteiger partial charge is 0.303 e. The van der Waals surface area contributed by atoms with Gasteiger partial charge in [0.05, 0.1) is 0 Å². The second-order valence-corrected chi connectivity index (χ2v) is 8.50. The molecule has 1 fully saturated rings. The maximum absolute atomic E-state index is 10.6. The van der Waals surface area contributed by atoms with Crippen molar-refractivity contribution in [2.24, 2.45) is 0 Å². The zero-order valence-corrected chi connectivity index (χ0v) is 10.2. The maximum Gasteiger partial charge on any atom is 0.120 e. The Morgan fingerprint density at radius 2 is 1.92 bits per heavy atom. The molecule has 1 heterocycles. The maximum atomic E-state index is 10.6. The van der Waals surface area contributed by atoms with Gasteiger partial charge >= 0.3 is 0 Å². The van der Waals surface area contributed by atoms with Crippen molar-refractivity contribution in [2.75, 3.05) is 6.66 Å². The van der Waals surface area contributed by atoms with Gasteiger partial charge in [-0.25, -0.2) is 0 Å². The molecule has 0 spiro atoms. The second-order valence-electron chi connectivity index (χ2n) is 5.09. The molecule has 0 aliphatic carbocycles. The van der Waals surface area contributed by atoms with Gasteiger partial charge in [0.1, 0.15) is 6.29 Å². The lowest BCUT2D eigenvalue weighted by atomic mass is 9.95. The Bertz CT molecular complexity index is 200. The predicted octanol–water partition coefficient (Wildman–Crippen LogP) is 3.41. The van der Waals surface area contributed by atoms with Crippen molar-refractivity contribution in [3.63, 3.8) is 0 Å². The standard InChI is InChI=1S/C11H21OP/c1-10(2)6-5-7-11(3,8-9-12)13(10)4/h9H,5-8H2,1-4H3. The first-order valence-corrected chi connectivity index (χ1v) is 6.89. The smallest absolute Gasteiger partial charge is 0.120 e. The molecule has 0 radical (unpaired) electrons. The van der Waals surface area contributed by atoms with Gasteiger partial charge in [-0.1, -0.05) is 35.1 Å². The normalized spacial score (nSPS) is 38.6. The summed E-state index contributed by atoms with van der Waals surface area (Å²) in [7, 11) is -0.0175. The van der Waals surface area contributed by atoms with E-state index >= 15 is 0 Å². The summed E-state index contributed by atoms with van der Waals surface area (Å²) in [5.74, 6) is 0. The molecular weight excluding hydrogens is 179 g/mol. The lowest BCUT2D eigenvalue weighted by molar-refractivity contribution is -0.108. The minimum absolute atomic E-state index is 0.0175. The van der Waals surface area contributed by atoms with Crippen LogP contribution in [0, 0.1) is 0 Å². The summed E-state index contributed by atoms with van der Waals surface area (Å²) < 4.78 is 0. The summed E-state index contributed by atoms with van der Waals surface area (Å²) in [4.78, 5) is 10.6. The number of carbonyl (C=O) groups is 1. The highest BCUT2D eigenvalue weighted by molar-refractivity contribution is 7.60. The van der Waals surface area contributed by atoms with Crippen LogP contribution in [-0.4, -0.2) is 23.3 Å². The van der Waals surface area contributed by atoms with Gasteiger partial charge in [-0.2, -0.15) is 0 Å². The van der Waals surface area contributed by atoms with Crippen molar-refractivity contribution < 1.29 is 4.79 Å². The molecule has 1 nitrogen and oxygen atoms in total. The Balaban J connectivity index is 2.80. The van der Waals surface area contributed by atoms with Crippen molar-refractivity contribution in [3.8, 4) is 0 Å². The van der Waals surface area contributed by atoms with Gasteiger partial charge in [0.15, 0.2) is 0 Å². The van der Waals surface area contributed by atoms with Crippen LogP contribution in [-0.2, 0) is 4.79 Å². The Kier molecular flexibility index (Phi) is 3.17. The highest BCUT2D eigenvalue weighted by atomic mass is 31.1. The summed E-state index contributed by atoms with van der Waals surface area (Å²) in [6.07, 6.45) is 5.75. The molecule has 0 aromatic rings. The van der Waals surface area contributed by atoms with E-state index in [1.54, 1.807) is 0 Å².